The van der Waals surface area contributed by atoms with E-state index in [9.17, 15) is 0 Å². The van der Waals surface area contributed by atoms with Gasteiger partial charge in [-0.25, -0.2) is 0 Å². The van der Waals surface area contributed by atoms with E-state index in [1.807, 2.05) is 36.4 Å². The molecule has 6 heteroatoms. The maximum absolute atomic E-state index is 5.33. The summed E-state index contributed by atoms with van der Waals surface area (Å²) in [5.74, 6) is 2.29. The van der Waals surface area contributed by atoms with Crippen LogP contribution in [0, 0.1) is 0 Å². The van der Waals surface area contributed by atoms with E-state index in [4.69, 9.17) is 14.0 Å². The van der Waals surface area contributed by atoms with Crippen molar-refractivity contribution in [3.8, 4) is 34.5 Å². The number of pyridine rings is 1. The molecule has 0 bridgehead atoms. The molecule has 0 saturated carbocycles. The van der Waals surface area contributed by atoms with E-state index >= 15 is 0 Å². The van der Waals surface area contributed by atoms with Gasteiger partial charge in [-0.1, -0.05) is 11.2 Å². The first-order valence-electron chi connectivity index (χ1n) is 6.05. The van der Waals surface area contributed by atoms with Crippen LogP contribution in [0.5, 0.6) is 11.5 Å². The van der Waals surface area contributed by atoms with Crippen LogP contribution >= 0.6 is 0 Å². The molecule has 4 rings (SSSR count). The van der Waals surface area contributed by atoms with Gasteiger partial charge in [0.15, 0.2) is 11.5 Å². The summed E-state index contributed by atoms with van der Waals surface area (Å²) in [5.41, 5.74) is 1.45. The Morgan fingerprint density at radius 2 is 1.95 bits per heavy atom. The zero-order chi connectivity index (χ0) is 13.4. The van der Waals surface area contributed by atoms with Crippen molar-refractivity contribution in [1.29, 1.82) is 0 Å². The fourth-order valence-corrected chi connectivity index (χ4v) is 1.97. The van der Waals surface area contributed by atoms with Crippen molar-refractivity contribution < 1.29 is 14.0 Å². The highest BCUT2D eigenvalue weighted by molar-refractivity contribution is 5.62. The van der Waals surface area contributed by atoms with Crippen LogP contribution in [0.25, 0.3) is 23.0 Å². The summed E-state index contributed by atoms with van der Waals surface area (Å²) in [4.78, 5) is 8.51. The molecule has 98 valence electrons. The Balaban J connectivity index is 1.72. The average Bonchev–Trinajstić information content (AvgIpc) is 3.16. The fourth-order valence-electron chi connectivity index (χ4n) is 1.97. The molecule has 0 N–H and O–H groups in total. The van der Waals surface area contributed by atoms with Gasteiger partial charge in [-0.3, -0.25) is 4.98 Å². The molecule has 20 heavy (non-hydrogen) atoms. The molecule has 0 amide bonds. The van der Waals surface area contributed by atoms with E-state index in [0.29, 0.717) is 23.2 Å². The van der Waals surface area contributed by atoms with E-state index in [1.165, 1.54) is 0 Å². The molecule has 3 heterocycles. The summed E-state index contributed by atoms with van der Waals surface area (Å²) >= 11 is 0. The normalized spacial score (nSPS) is 12.6. The molecule has 1 aromatic carbocycles. The van der Waals surface area contributed by atoms with E-state index in [2.05, 4.69) is 15.1 Å². The van der Waals surface area contributed by atoms with Crippen LogP contribution in [0.3, 0.4) is 0 Å². The molecule has 6 nitrogen and oxygen atoms in total. The standard InChI is InChI=1S/C14H9N3O3/c1-2-6-15-10(3-1)14-16-13(17-20-14)9-4-5-11-12(7-9)19-8-18-11/h1-7H,8H2. The van der Waals surface area contributed by atoms with Gasteiger partial charge in [0, 0.05) is 11.8 Å². The molecular formula is C14H9N3O3. The third kappa shape index (κ3) is 1.78. The SMILES string of the molecule is c1ccc(-c2nc(-c3ccc4c(c3)OCO4)no2)nc1. The predicted octanol–water partition coefficient (Wildman–Crippen LogP) is 2.53. The summed E-state index contributed by atoms with van der Waals surface area (Å²) in [5, 5.41) is 3.97. The Morgan fingerprint density at radius 1 is 1.00 bits per heavy atom. The summed E-state index contributed by atoms with van der Waals surface area (Å²) in [7, 11) is 0. The lowest BCUT2D eigenvalue weighted by Crippen LogP contribution is -1.92. The summed E-state index contributed by atoms with van der Waals surface area (Å²) in [6, 6.07) is 11.0. The number of hydrogen-bond acceptors (Lipinski definition) is 6. The van der Waals surface area contributed by atoms with Crippen molar-refractivity contribution in [2.24, 2.45) is 0 Å². The molecule has 0 aliphatic carbocycles. The molecule has 0 saturated heterocycles. The van der Waals surface area contributed by atoms with Gasteiger partial charge in [0.05, 0.1) is 0 Å². The highest BCUT2D eigenvalue weighted by atomic mass is 16.7. The number of fused-ring (bicyclic) bond motifs is 1. The second-order valence-electron chi connectivity index (χ2n) is 4.21. The highest BCUT2D eigenvalue weighted by Crippen LogP contribution is 2.35. The summed E-state index contributed by atoms with van der Waals surface area (Å²) < 4.78 is 15.8. The molecule has 1 aliphatic rings. The molecule has 2 aromatic heterocycles. The molecule has 0 unspecified atom stereocenters. The zero-order valence-corrected chi connectivity index (χ0v) is 10.3. The Kier molecular flexibility index (Phi) is 2.38. The number of hydrogen-bond donors (Lipinski definition) is 0. The number of nitrogens with zero attached hydrogens (tertiary/aromatic N) is 3. The largest absolute Gasteiger partial charge is 0.454 e. The zero-order valence-electron chi connectivity index (χ0n) is 10.3. The lowest BCUT2D eigenvalue weighted by Gasteiger charge is -1.97. The van der Waals surface area contributed by atoms with Gasteiger partial charge in [-0.2, -0.15) is 4.98 Å². The van der Waals surface area contributed by atoms with Crippen LogP contribution < -0.4 is 9.47 Å². The van der Waals surface area contributed by atoms with Crippen LogP contribution in [0.15, 0.2) is 47.1 Å². The molecule has 0 fully saturated rings. The molecule has 3 aromatic rings. The summed E-state index contributed by atoms with van der Waals surface area (Å²) in [6.45, 7) is 0.240. The van der Waals surface area contributed by atoms with E-state index < -0.39 is 0 Å². The van der Waals surface area contributed by atoms with Crippen molar-refractivity contribution in [2.45, 2.75) is 0 Å². The van der Waals surface area contributed by atoms with E-state index in [-0.39, 0.29) is 6.79 Å². The Hall–Kier alpha value is -2.89. The minimum Gasteiger partial charge on any atom is -0.454 e. The van der Waals surface area contributed by atoms with Crippen molar-refractivity contribution in [1.82, 2.24) is 15.1 Å². The number of benzene rings is 1. The molecular weight excluding hydrogens is 258 g/mol. The Bertz CT molecular complexity index is 755. The van der Waals surface area contributed by atoms with Gasteiger partial charge in [0.1, 0.15) is 5.69 Å². The fraction of sp³-hybridized carbons (Fsp3) is 0.0714. The van der Waals surface area contributed by atoms with E-state index in [1.54, 1.807) is 6.20 Å². The van der Waals surface area contributed by atoms with Gasteiger partial charge in [-0.15, -0.1) is 0 Å². The Labute approximate surface area is 114 Å². The monoisotopic (exact) mass is 267 g/mol. The maximum Gasteiger partial charge on any atom is 0.276 e. The van der Waals surface area contributed by atoms with Crippen molar-refractivity contribution in [3.63, 3.8) is 0 Å². The third-order valence-corrected chi connectivity index (χ3v) is 2.94. The molecule has 0 spiro atoms. The molecule has 0 radical (unpaired) electrons. The minimum atomic E-state index is 0.240. The average molecular weight is 267 g/mol. The van der Waals surface area contributed by atoms with Crippen LogP contribution in [0.2, 0.25) is 0 Å². The van der Waals surface area contributed by atoms with E-state index in [0.717, 1.165) is 11.3 Å². The molecule has 1 aliphatic heterocycles. The van der Waals surface area contributed by atoms with Crippen LogP contribution in [-0.2, 0) is 0 Å². The minimum absolute atomic E-state index is 0.240. The predicted molar refractivity (Wildman–Crippen MR) is 69.1 cm³/mol. The van der Waals surface area contributed by atoms with Crippen LogP contribution in [0.1, 0.15) is 0 Å². The smallest absolute Gasteiger partial charge is 0.276 e. The van der Waals surface area contributed by atoms with Crippen LogP contribution in [0.4, 0.5) is 0 Å². The van der Waals surface area contributed by atoms with Crippen molar-refractivity contribution in [3.05, 3.63) is 42.6 Å². The van der Waals surface area contributed by atoms with Gasteiger partial charge >= 0.3 is 0 Å². The first kappa shape index (κ1) is 11.0. The second kappa shape index (κ2) is 4.34. The highest BCUT2D eigenvalue weighted by Gasteiger charge is 2.17. The topological polar surface area (TPSA) is 70.3 Å². The van der Waals surface area contributed by atoms with Gasteiger partial charge < -0.3 is 14.0 Å². The Morgan fingerprint density at radius 3 is 2.85 bits per heavy atom. The quantitative estimate of drug-likeness (QED) is 0.710. The lowest BCUT2D eigenvalue weighted by atomic mass is 10.2. The lowest BCUT2D eigenvalue weighted by molar-refractivity contribution is 0.174. The second-order valence-corrected chi connectivity index (χ2v) is 4.21. The van der Waals surface area contributed by atoms with Gasteiger partial charge in [0.25, 0.3) is 5.89 Å². The van der Waals surface area contributed by atoms with Gasteiger partial charge in [-0.05, 0) is 30.3 Å². The van der Waals surface area contributed by atoms with Gasteiger partial charge in [0.2, 0.25) is 12.6 Å². The summed E-state index contributed by atoms with van der Waals surface area (Å²) in [6.07, 6.45) is 1.68. The first-order chi connectivity index (χ1) is 9.90. The third-order valence-electron chi connectivity index (χ3n) is 2.94. The van der Waals surface area contributed by atoms with Crippen molar-refractivity contribution >= 4 is 0 Å². The molecule has 0 atom stereocenters. The number of ether oxygens (including phenoxy) is 2. The first-order valence-corrected chi connectivity index (χ1v) is 6.05. The maximum atomic E-state index is 5.33. The van der Waals surface area contributed by atoms with Crippen LogP contribution in [-0.4, -0.2) is 21.9 Å². The number of aromatic nitrogens is 3. The number of rotatable bonds is 2. The van der Waals surface area contributed by atoms with Crippen molar-refractivity contribution in [2.75, 3.05) is 6.79 Å².